The van der Waals surface area contributed by atoms with Crippen molar-refractivity contribution in [1.29, 1.82) is 0 Å². The fraction of sp³-hybridized carbons (Fsp3) is 0.565. The minimum atomic E-state index is 0.399. The molecule has 6 rings (SSSR count). The molecule has 0 unspecified atom stereocenters. The summed E-state index contributed by atoms with van der Waals surface area (Å²) in [4.78, 5) is 1.23. The summed E-state index contributed by atoms with van der Waals surface area (Å²) in [7, 11) is 1.73. The second kappa shape index (κ2) is 7.14. The Balaban J connectivity index is 1.24. The number of hydrogen-bond acceptors (Lipinski definition) is 4. The van der Waals surface area contributed by atoms with Gasteiger partial charge >= 0.3 is 0 Å². The predicted molar refractivity (Wildman–Crippen MR) is 109 cm³/mol. The van der Waals surface area contributed by atoms with E-state index >= 15 is 0 Å². The normalized spacial score (nSPS) is 31.2. The molecule has 0 atom stereocenters. The van der Waals surface area contributed by atoms with Gasteiger partial charge in [-0.25, -0.2) is 0 Å². The van der Waals surface area contributed by atoms with Gasteiger partial charge in [0.2, 0.25) is 0 Å². The summed E-state index contributed by atoms with van der Waals surface area (Å²) < 4.78 is 11.6. The quantitative estimate of drug-likeness (QED) is 0.695. The molecule has 2 aromatic rings. The molecule has 1 aromatic heterocycles. The van der Waals surface area contributed by atoms with Crippen LogP contribution in [-0.2, 0) is 13.2 Å². The van der Waals surface area contributed by atoms with Crippen LogP contribution >= 0.6 is 11.3 Å². The third-order valence-corrected chi connectivity index (χ3v) is 7.73. The first-order valence-electron chi connectivity index (χ1n) is 10.3. The van der Waals surface area contributed by atoms with Crippen molar-refractivity contribution in [1.82, 2.24) is 5.32 Å². The van der Waals surface area contributed by atoms with E-state index in [1.807, 2.05) is 0 Å². The van der Waals surface area contributed by atoms with Crippen molar-refractivity contribution in [3.8, 4) is 11.5 Å². The number of rotatable bonds is 7. The van der Waals surface area contributed by atoms with Gasteiger partial charge in [-0.3, -0.25) is 0 Å². The highest BCUT2D eigenvalue weighted by Gasteiger charge is 2.50. The molecular formula is C23H29NO2S. The average Bonchev–Trinajstić information content (AvgIpc) is 3.17. The van der Waals surface area contributed by atoms with Crippen molar-refractivity contribution < 1.29 is 9.47 Å². The van der Waals surface area contributed by atoms with Gasteiger partial charge in [-0.1, -0.05) is 12.1 Å². The van der Waals surface area contributed by atoms with E-state index in [4.69, 9.17) is 9.47 Å². The van der Waals surface area contributed by atoms with Crippen molar-refractivity contribution in [2.75, 3.05) is 7.11 Å². The van der Waals surface area contributed by atoms with E-state index in [-0.39, 0.29) is 0 Å². The van der Waals surface area contributed by atoms with Crippen LogP contribution < -0.4 is 14.8 Å². The fourth-order valence-electron chi connectivity index (χ4n) is 6.10. The summed E-state index contributed by atoms with van der Waals surface area (Å²) >= 11 is 1.72. The van der Waals surface area contributed by atoms with Gasteiger partial charge < -0.3 is 14.8 Å². The number of methoxy groups -OCH3 is 1. The maximum atomic E-state index is 5.97. The van der Waals surface area contributed by atoms with E-state index in [0.717, 1.165) is 35.8 Å². The highest BCUT2D eigenvalue weighted by molar-refractivity contribution is 7.09. The molecule has 0 radical (unpaired) electrons. The lowest BCUT2D eigenvalue weighted by Crippen LogP contribution is -2.58. The summed E-state index contributed by atoms with van der Waals surface area (Å²) in [5, 5.41) is 6.05. The van der Waals surface area contributed by atoms with Gasteiger partial charge in [-0.15, -0.1) is 11.3 Å². The third kappa shape index (κ3) is 3.62. The summed E-state index contributed by atoms with van der Waals surface area (Å²) in [5.74, 6) is 4.59. The molecule has 0 spiro atoms. The zero-order chi connectivity index (χ0) is 18.3. The van der Waals surface area contributed by atoms with Crippen LogP contribution in [0.4, 0.5) is 0 Å². The molecule has 144 valence electrons. The standard InChI is InChI=1S/C23H29NO2S/c1-25-22-10-16(4-5-21(22)26-15-20-3-2-6-27-20)14-24-23-11-17-7-18(12-23)9-19(8-17)13-23/h2-6,10,17-19,24H,7-9,11-15H2,1H3. The number of ether oxygens (including phenoxy) is 2. The Kier molecular flexibility index (Phi) is 4.65. The number of thiophene rings is 1. The van der Waals surface area contributed by atoms with Gasteiger partial charge in [0.15, 0.2) is 11.5 Å². The highest BCUT2D eigenvalue weighted by Crippen LogP contribution is 2.55. The molecule has 4 heteroatoms. The SMILES string of the molecule is COc1cc(CNC23CC4CC(CC(C4)C2)C3)ccc1OCc1cccs1. The maximum absolute atomic E-state index is 5.97. The molecule has 4 aliphatic rings. The molecule has 1 aromatic carbocycles. The van der Waals surface area contributed by atoms with Gasteiger partial charge in [0.25, 0.3) is 0 Å². The van der Waals surface area contributed by atoms with E-state index < -0.39 is 0 Å². The van der Waals surface area contributed by atoms with E-state index in [9.17, 15) is 0 Å². The zero-order valence-corrected chi connectivity index (χ0v) is 16.9. The second-order valence-electron chi connectivity index (χ2n) is 8.90. The molecule has 4 bridgehead atoms. The number of benzene rings is 1. The molecule has 27 heavy (non-hydrogen) atoms. The van der Waals surface area contributed by atoms with Crippen LogP contribution in [0.25, 0.3) is 0 Å². The molecule has 0 aliphatic heterocycles. The molecule has 0 saturated heterocycles. The van der Waals surface area contributed by atoms with Crippen LogP contribution in [0.3, 0.4) is 0 Å². The second-order valence-corrected chi connectivity index (χ2v) is 9.94. The van der Waals surface area contributed by atoms with E-state index in [0.29, 0.717) is 12.1 Å². The van der Waals surface area contributed by atoms with Gasteiger partial charge in [-0.05, 0) is 85.4 Å². The molecule has 1 N–H and O–H groups in total. The Morgan fingerprint density at radius 1 is 1.04 bits per heavy atom. The Bertz CT molecular complexity index is 750. The van der Waals surface area contributed by atoms with Crippen molar-refractivity contribution in [3.05, 3.63) is 46.2 Å². The monoisotopic (exact) mass is 383 g/mol. The Hall–Kier alpha value is -1.52. The van der Waals surface area contributed by atoms with E-state index in [1.165, 1.54) is 49.0 Å². The van der Waals surface area contributed by atoms with Crippen LogP contribution in [-0.4, -0.2) is 12.6 Å². The number of hydrogen-bond donors (Lipinski definition) is 1. The first-order chi connectivity index (χ1) is 13.2. The highest BCUT2D eigenvalue weighted by atomic mass is 32.1. The molecule has 1 heterocycles. The molecule has 3 nitrogen and oxygen atoms in total. The van der Waals surface area contributed by atoms with Gasteiger partial charge in [0, 0.05) is 17.0 Å². The van der Waals surface area contributed by atoms with E-state index in [2.05, 4.69) is 41.0 Å². The molecular weight excluding hydrogens is 354 g/mol. The average molecular weight is 384 g/mol. The summed E-state index contributed by atoms with van der Waals surface area (Å²) in [5.41, 5.74) is 1.68. The minimum absolute atomic E-state index is 0.399. The summed E-state index contributed by atoms with van der Waals surface area (Å²) in [6, 6.07) is 10.5. The topological polar surface area (TPSA) is 30.5 Å². The Morgan fingerprint density at radius 3 is 2.41 bits per heavy atom. The van der Waals surface area contributed by atoms with Gasteiger partial charge in [0.05, 0.1) is 7.11 Å². The van der Waals surface area contributed by atoms with Crippen molar-refractivity contribution in [3.63, 3.8) is 0 Å². The largest absolute Gasteiger partial charge is 0.493 e. The number of nitrogens with one attached hydrogen (secondary N) is 1. The van der Waals surface area contributed by atoms with Crippen LogP contribution in [0.5, 0.6) is 11.5 Å². The molecule has 4 fully saturated rings. The Morgan fingerprint density at radius 2 is 1.78 bits per heavy atom. The van der Waals surface area contributed by atoms with Crippen molar-refractivity contribution in [2.24, 2.45) is 17.8 Å². The summed E-state index contributed by atoms with van der Waals surface area (Å²) in [6.07, 6.45) is 8.63. The summed E-state index contributed by atoms with van der Waals surface area (Å²) in [6.45, 7) is 1.52. The lowest BCUT2D eigenvalue weighted by atomic mass is 9.53. The lowest BCUT2D eigenvalue weighted by Gasteiger charge is -2.57. The third-order valence-electron chi connectivity index (χ3n) is 6.88. The minimum Gasteiger partial charge on any atom is -0.493 e. The van der Waals surface area contributed by atoms with Crippen molar-refractivity contribution >= 4 is 11.3 Å². The van der Waals surface area contributed by atoms with Gasteiger partial charge in [0.1, 0.15) is 6.61 Å². The van der Waals surface area contributed by atoms with Crippen LogP contribution in [0.2, 0.25) is 0 Å². The lowest BCUT2D eigenvalue weighted by molar-refractivity contribution is -0.0206. The van der Waals surface area contributed by atoms with E-state index in [1.54, 1.807) is 18.4 Å². The van der Waals surface area contributed by atoms with Gasteiger partial charge in [-0.2, -0.15) is 0 Å². The molecule has 4 saturated carbocycles. The maximum Gasteiger partial charge on any atom is 0.161 e. The first kappa shape index (κ1) is 17.6. The smallest absolute Gasteiger partial charge is 0.161 e. The van der Waals surface area contributed by atoms with Crippen molar-refractivity contribution in [2.45, 2.75) is 57.2 Å². The first-order valence-corrected chi connectivity index (χ1v) is 11.2. The Labute approximate surface area is 166 Å². The molecule has 4 aliphatic carbocycles. The van der Waals surface area contributed by atoms with Crippen LogP contribution in [0.15, 0.2) is 35.7 Å². The predicted octanol–water partition coefficient (Wildman–Crippen LogP) is 5.39. The molecule has 0 amide bonds. The van der Waals surface area contributed by atoms with Crippen LogP contribution in [0, 0.1) is 17.8 Å². The zero-order valence-electron chi connectivity index (χ0n) is 16.1. The van der Waals surface area contributed by atoms with Crippen LogP contribution in [0.1, 0.15) is 49.0 Å². The fourth-order valence-corrected chi connectivity index (χ4v) is 6.72.